The maximum Gasteiger partial charge on any atom is 0.134 e. The molecular formula is C7H11NO4S. The number of aliphatic hydroxyl groups excluding tert-OH is 3. The first kappa shape index (κ1) is 9.42. The molecule has 0 aromatic heterocycles. The number of ether oxygens (including phenoxy) is 1. The van der Waals surface area contributed by atoms with E-state index in [1.165, 1.54) is 11.8 Å². The SMILES string of the molecule is OC[C@H]1O[C@@H]2SC=N[C@@H]2[C@@H](O)[C@@H]1O. The maximum atomic E-state index is 9.58. The van der Waals surface area contributed by atoms with E-state index in [1.807, 2.05) is 0 Å². The van der Waals surface area contributed by atoms with Crippen molar-refractivity contribution in [3.8, 4) is 0 Å². The molecule has 2 aliphatic rings. The van der Waals surface area contributed by atoms with E-state index in [4.69, 9.17) is 9.84 Å². The molecule has 0 saturated carbocycles. The number of aliphatic imine (C=N–C) groups is 1. The highest BCUT2D eigenvalue weighted by molar-refractivity contribution is 8.12. The van der Waals surface area contributed by atoms with E-state index in [0.717, 1.165) is 0 Å². The molecule has 5 nitrogen and oxygen atoms in total. The monoisotopic (exact) mass is 205 g/mol. The molecule has 0 aliphatic carbocycles. The second-order valence-electron chi connectivity index (χ2n) is 3.09. The van der Waals surface area contributed by atoms with Gasteiger partial charge in [0.25, 0.3) is 0 Å². The minimum atomic E-state index is -1.05. The Morgan fingerprint density at radius 2 is 2.15 bits per heavy atom. The highest BCUT2D eigenvalue weighted by Gasteiger charge is 2.45. The van der Waals surface area contributed by atoms with Crippen molar-refractivity contribution in [3.63, 3.8) is 0 Å². The zero-order valence-corrected chi connectivity index (χ0v) is 7.59. The molecule has 1 fully saturated rings. The van der Waals surface area contributed by atoms with Gasteiger partial charge in [0.1, 0.15) is 29.8 Å². The summed E-state index contributed by atoms with van der Waals surface area (Å²) in [4.78, 5) is 3.98. The number of nitrogens with zero attached hydrogens (tertiary/aromatic N) is 1. The van der Waals surface area contributed by atoms with E-state index in [0.29, 0.717) is 0 Å². The Kier molecular flexibility index (Phi) is 2.57. The predicted octanol–water partition coefficient (Wildman–Crippen LogP) is -1.43. The van der Waals surface area contributed by atoms with Gasteiger partial charge in [0, 0.05) is 0 Å². The van der Waals surface area contributed by atoms with Crippen molar-refractivity contribution in [1.82, 2.24) is 0 Å². The van der Waals surface area contributed by atoms with Gasteiger partial charge in [-0.2, -0.15) is 0 Å². The molecule has 3 N–H and O–H groups in total. The van der Waals surface area contributed by atoms with Crippen LogP contribution in [0.4, 0.5) is 0 Å². The summed E-state index contributed by atoms with van der Waals surface area (Å²) in [6.07, 6.45) is -2.70. The molecule has 0 bridgehead atoms. The van der Waals surface area contributed by atoms with Gasteiger partial charge < -0.3 is 20.1 Å². The molecule has 2 rings (SSSR count). The molecule has 0 unspecified atom stereocenters. The highest BCUT2D eigenvalue weighted by atomic mass is 32.2. The van der Waals surface area contributed by atoms with Crippen LogP contribution in [0.2, 0.25) is 0 Å². The second kappa shape index (κ2) is 3.55. The van der Waals surface area contributed by atoms with Gasteiger partial charge >= 0.3 is 0 Å². The fourth-order valence-electron chi connectivity index (χ4n) is 1.50. The van der Waals surface area contributed by atoms with Crippen LogP contribution in [0.1, 0.15) is 0 Å². The zero-order valence-electron chi connectivity index (χ0n) is 6.78. The van der Waals surface area contributed by atoms with Gasteiger partial charge in [-0.25, -0.2) is 0 Å². The Bertz CT molecular complexity index is 225. The Labute approximate surface area is 79.4 Å². The van der Waals surface area contributed by atoms with Crippen LogP contribution in [0.3, 0.4) is 0 Å². The molecule has 0 aromatic rings. The summed E-state index contributed by atoms with van der Waals surface area (Å²) in [6.45, 7) is -0.290. The first-order valence-corrected chi connectivity index (χ1v) is 4.98. The lowest BCUT2D eigenvalue weighted by molar-refractivity contribution is -0.164. The summed E-state index contributed by atoms with van der Waals surface area (Å²) in [6, 6.07) is -0.400. The van der Waals surface area contributed by atoms with Crippen LogP contribution >= 0.6 is 11.8 Å². The van der Waals surface area contributed by atoms with Crippen molar-refractivity contribution in [1.29, 1.82) is 0 Å². The standard InChI is InChI=1S/C7H11NO4S/c9-1-3-5(10)6(11)4-7(12-3)13-2-8-4/h2-7,9-11H,1H2/t3-,4-,5-,6-,7-/m1/s1. The summed E-state index contributed by atoms with van der Waals surface area (Å²) in [5, 5.41) is 27.9. The topological polar surface area (TPSA) is 82.3 Å². The molecule has 6 heteroatoms. The molecule has 2 heterocycles. The average molecular weight is 205 g/mol. The highest BCUT2D eigenvalue weighted by Crippen LogP contribution is 2.33. The lowest BCUT2D eigenvalue weighted by Crippen LogP contribution is -2.55. The van der Waals surface area contributed by atoms with Crippen molar-refractivity contribution in [2.75, 3.05) is 6.61 Å². The predicted molar refractivity (Wildman–Crippen MR) is 47.6 cm³/mol. The Morgan fingerprint density at radius 1 is 1.38 bits per heavy atom. The van der Waals surface area contributed by atoms with Gasteiger partial charge in [-0.05, 0) is 0 Å². The number of fused-ring (bicyclic) bond motifs is 1. The number of thioether (sulfide) groups is 1. The number of hydrogen-bond donors (Lipinski definition) is 3. The largest absolute Gasteiger partial charge is 0.394 e. The fraction of sp³-hybridized carbons (Fsp3) is 0.857. The molecule has 74 valence electrons. The van der Waals surface area contributed by atoms with Gasteiger partial charge in [0.2, 0.25) is 0 Å². The maximum absolute atomic E-state index is 9.58. The smallest absolute Gasteiger partial charge is 0.134 e. The number of hydrogen-bond acceptors (Lipinski definition) is 6. The van der Waals surface area contributed by atoms with Crippen molar-refractivity contribution >= 4 is 17.3 Å². The van der Waals surface area contributed by atoms with Crippen molar-refractivity contribution in [2.45, 2.75) is 29.8 Å². The number of rotatable bonds is 1. The van der Waals surface area contributed by atoms with Gasteiger partial charge in [-0.1, -0.05) is 11.8 Å². The van der Waals surface area contributed by atoms with E-state index < -0.39 is 24.4 Å². The zero-order chi connectivity index (χ0) is 9.42. The Hall–Kier alpha value is -0.140. The third-order valence-corrected chi connectivity index (χ3v) is 3.18. The van der Waals surface area contributed by atoms with Crippen LogP contribution in [0.15, 0.2) is 4.99 Å². The van der Waals surface area contributed by atoms with Gasteiger partial charge in [0.05, 0.1) is 12.2 Å². The first-order chi connectivity index (χ1) is 6.24. The van der Waals surface area contributed by atoms with Crippen LogP contribution in [0.5, 0.6) is 0 Å². The minimum absolute atomic E-state index is 0.268. The lowest BCUT2D eigenvalue weighted by atomic mass is 9.99. The van der Waals surface area contributed by atoms with Gasteiger partial charge in [0.15, 0.2) is 0 Å². The molecule has 0 spiro atoms. The molecule has 13 heavy (non-hydrogen) atoms. The second-order valence-corrected chi connectivity index (χ2v) is 4.04. The average Bonchev–Trinajstić information content (AvgIpc) is 2.59. The molecule has 0 aromatic carbocycles. The quantitative estimate of drug-likeness (QED) is 0.489. The van der Waals surface area contributed by atoms with Crippen LogP contribution in [0, 0.1) is 0 Å². The van der Waals surface area contributed by atoms with Crippen LogP contribution in [0.25, 0.3) is 0 Å². The van der Waals surface area contributed by atoms with E-state index in [1.54, 1.807) is 5.55 Å². The van der Waals surface area contributed by atoms with Gasteiger partial charge in [-0.15, -0.1) is 0 Å². The molecule has 2 aliphatic heterocycles. The van der Waals surface area contributed by atoms with E-state index in [-0.39, 0.29) is 12.0 Å². The fourth-order valence-corrected chi connectivity index (χ4v) is 2.43. The summed E-state index contributed by atoms with van der Waals surface area (Å²) >= 11 is 1.36. The first-order valence-electron chi connectivity index (χ1n) is 4.03. The molecular weight excluding hydrogens is 194 g/mol. The molecule has 0 amide bonds. The summed E-state index contributed by atoms with van der Waals surface area (Å²) in [5.74, 6) is 0. The van der Waals surface area contributed by atoms with Crippen molar-refractivity contribution in [2.24, 2.45) is 4.99 Å². The molecule has 0 radical (unpaired) electrons. The molecule has 5 atom stereocenters. The van der Waals surface area contributed by atoms with E-state index in [2.05, 4.69) is 4.99 Å². The summed E-state index contributed by atoms with van der Waals surface area (Å²) in [5.41, 5.74) is 1.33. The van der Waals surface area contributed by atoms with Gasteiger partial charge in [-0.3, -0.25) is 4.99 Å². The summed E-state index contributed by atoms with van der Waals surface area (Å²) in [7, 11) is 0. The minimum Gasteiger partial charge on any atom is -0.394 e. The number of aliphatic hydroxyl groups is 3. The van der Waals surface area contributed by atoms with Crippen LogP contribution in [-0.2, 0) is 4.74 Å². The third kappa shape index (κ3) is 1.49. The van der Waals surface area contributed by atoms with E-state index >= 15 is 0 Å². The van der Waals surface area contributed by atoms with Crippen LogP contribution < -0.4 is 0 Å². The normalized spacial score (nSPS) is 49.3. The molecule has 1 saturated heterocycles. The Balaban J connectivity index is 2.11. The Morgan fingerprint density at radius 3 is 2.85 bits per heavy atom. The third-order valence-electron chi connectivity index (χ3n) is 2.28. The lowest BCUT2D eigenvalue weighted by Gasteiger charge is -2.37. The van der Waals surface area contributed by atoms with Crippen molar-refractivity contribution in [3.05, 3.63) is 0 Å². The van der Waals surface area contributed by atoms with E-state index in [9.17, 15) is 10.2 Å². The summed E-state index contributed by atoms with van der Waals surface area (Å²) < 4.78 is 5.32. The van der Waals surface area contributed by atoms with Crippen LogP contribution in [-0.4, -0.2) is 57.3 Å². The van der Waals surface area contributed by atoms with Crippen molar-refractivity contribution < 1.29 is 20.1 Å².